The third kappa shape index (κ3) is 3.62. The van der Waals surface area contributed by atoms with Crippen molar-refractivity contribution in [3.8, 4) is 16.9 Å². The van der Waals surface area contributed by atoms with Crippen molar-refractivity contribution in [3.63, 3.8) is 0 Å². The Morgan fingerprint density at radius 2 is 1.85 bits per heavy atom. The van der Waals surface area contributed by atoms with Crippen LogP contribution in [-0.2, 0) is 6.42 Å². The Labute approximate surface area is 158 Å². The minimum Gasteiger partial charge on any atom is -0.494 e. The van der Waals surface area contributed by atoms with Gasteiger partial charge in [0, 0.05) is 30.3 Å². The average Bonchev–Trinajstić information content (AvgIpc) is 3.14. The molecular weight excluding hydrogens is 338 g/mol. The molecule has 0 atom stereocenters. The van der Waals surface area contributed by atoms with E-state index in [2.05, 4.69) is 22.4 Å². The number of nitrogens with zero attached hydrogens (tertiary/aromatic N) is 2. The highest BCUT2D eigenvalue weighted by atomic mass is 16.5. The standard InChI is InChI=1S/C22H21N3O2/c1-2-27-20-6-4-19(5-7-20)24-22(26)25-14-11-18-15-17(3-8-21(18)25)16-9-12-23-13-10-16/h3-10,12-13,15H,2,11,14H2,1H3,(H,24,26). The van der Waals surface area contributed by atoms with Gasteiger partial charge in [-0.15, -0.1) is 0 Å². The SMILES string of the molecule is CCOc1ccc(NC(=O)N2CCc3cc(-c4ccncc4)ccc32)cc1. The molecule has 2 aromatic carbocycles. The number of hydrogen-bond donors (Lipinski definition) is 1. The maximum absolute atomic E-state index is 12.7. The number of rotatable bonds is 4. The smallest absolute Gasteiger partial charge is 0.326 e. The number of carbonyl (C=O) groups is 1. The highest BCUT2D eigenvalue weighted by Gasteiger charge is 2.25. The van der Waals surface area contributed by atoms with Gasteiger partial charge in [-0.25, -0.2) is 4.79 Å². The van der Waals surface area contributed by atoms with Crippen molar-refractivity contribution in [2.75, 3.05) is 23.4 Å². The van der Waals surface area contributed by atoms with Crippen LogP contribution < -0.4 is 15.0 Å². The summed E-state index contributed by atoms with van der Waals surface area (Å²) in [5.74, 6) is 0.797. The van der Waals surface area contributed by atoms with Crippen molar-refractivity contribution >= 4 is 17.4 Å². The molecule has 2 heterocycles. The molecule has 2 amide bonds. The fourth-order valence-electron chi connectivity index (χ4n) is 3.33. The number of anilines is 2. The molecule has 5 heteroatoms. The van der Waals surface area contributed by atoms with Crippen molar-refractivity contribution in [2.45, 2.75) is 13.3 Å². The van der Waals surface area contributed by atoms with E-state index in [-0.39, 0.29) is 6.03 Å². The Bertz CT molecular complexity index is 940. The highest BCUT2D eigenvalue weighted by molar-refractivity contribution is 6.03. The fourth-order valence-corrected chi connectivity index (χ4v) is 3.33. The predicted molar refractivity (Wildman–Crippen MR) is 107 cm³/mol. The molecule has 1 aromatic heterocycles. The van der Waals surface area contributed by atoms with E-state index in [1.807, 2.05) is 49.4 Å². The topological polar surface area (TPSA) is 54.5 Å². The number of nitrogens with one attached hydrogen (secondary N) is 1. The Hall–Kier alpha value is -3.34. The van der Waals surface area contributed by atoms with Gasteiger partial charge in [0.25, 0.3) is 0 Å². The molecule has 0 radical (unpaired) electrons. The Morgan fingerprint density at radius 3 is 2.59 bits per heavy atom. The van der Waals surface area contributed by atoms with E-state index < -0.39 is 0 Å². The molecule has 0 bridgehead atoms. The summed E-state index contributed by atoms with van der Waals surface area (Å²) in [7, 11) is 0. The van der Waals surface area contributed by atoms with Crippen LogP contribution in [0.1, 0.15) is 12.5 Å². The number of aromatic nitrogens is 1. The largest absolute Gasteiger partial charge is 0.494 e. The predicted octanol–water partition coefficient (Wildman–Crippen LogP) is 4.74. The average molecular weight is 359 g/mol. The van der Waals surface area contributed by atoms with Gasteiger partial charge in [-0.3, -0.25) is 9.88 Å². The van der Waals surface area contributed by atoms with E-state index in [9.17, 15) is 4.79 Å². The summed E-state index contributed by atoms with van der Waals surface area (Å²) in [6.07, 6.45) is 4.43. The second-order valence-electron chi connectivity index (χ2n) is 6.37. The van der Waals surface area contributed by atoms with Crippen LogP contribution in [0.15, 0.2) is 67.0 Å². The van der Waals surface area contributed by atoms with Crippen LogP contribution in [0.5, 0.6) is 5.75 Å². The zero-order valence-electron chi connectivity index (χ0n) is 15.2. The summed E-state index contributed by atoms with van der Waals surface area (Å²) in [6, 6.07) is 17.5. The van der Waals surface area contributed by atoms with Gasteiger partial charge in [-0.2, -0.15) is 0 Å². The normalized spacial score (nSPS) is 12.6. The van der Waals surface area contributed by atoms with Gasteiger partial charge >= 0.3 is 6.03 Å². The number of amides is 2. The zero-order valence-corrected chi connectivity index (χ0v) is 15.2. The second-order valence-corrected chi connectivity index (χ2v) is 6.37. The Morgan fingerprint density at radius 1 is 1.07 bits per heavy atom. The zero-order chi connectivity index (χ0) is 18.6. The molecule has 0 aliphatic carbocycles. The minimum atomic E-state index is -0.116. The van der Waals surface area contributed by atoms with Gasteiger partial charge in [0.2, 0.25) is 0 Å². The summed E-state index contributed by atoms with van der Waals surface area (Å²) < 4.78 is 5.43. The molecule has 1 N–H and O–H groups in total. The van der Waals surface area contributed by atoms with Gasteiger partial charge in [0.1, 0.15) is 5.75 Å². The molecule has 0 unspecified atom stereocenters. The maximum Gasteiger partial charge on any atom is 0.326 e. The molecule has 3 aromatic rings. The van der Waals surface area contributed by atoms with Crippen LogP contribution in [0.25, 0.3) is 11.1 Å². The maximum atomic E-state index is 12.7. The molecule has 1 aliphatic heterocycles. The van der Waals surface area contributed by atoms with Gasteiger partial charge < -0.3 is 10.1 Å². The van der Waals surface area contributed by atoms with Crippen LogP contribution >= 0.6 is 0 Å². The lowest BCUT2D eigenvalue weighted by Gasteiger charge is -2.18. The monoisotopic (exact) mass is 359 g/mol. The van der Waals surface area contributed by atoms with Crippen LogP contribution in [0.3, 0.4) is 0 Å². The number of pyridine rings is 1. The van der Waals surface area contributed by atoms with Gasteiger partial charge in [0.15, 0.2) is 0 Å². The Kier molecular flexibility index (Phi) is 4.75. The van der Waals surface area contributed by atoms with Crippen LogP contribution in [0.2, 0.25) is 0 Å². The van der Waals surface area contributed by atoms with Crippen molar-refractivity contribution in [3.05, 3.63) is 72.6 Å². The van der Waals surface area contributed by atoms with Gasteiger partial charge in [-0.1, -0.05) is 6.07 Å². The molecule has 136 valence electrons. The number of urea groups is 1. The molecule has 0 spiro atoms. The lowest BCUT2D eigenvalue weighted by molar-refractivity contribution is 0.257. The summed E-state index contributed by atoms with van der Waals surface area (Å²) in [4.78, 5) is 18.6. The van der Waals surface area contributed by atoms with Gasteiger partial charge in [0.05, 0.1) is 6.61 Å². The number of benzene rings is 2. The first-order valence-electron chi connectivity index (χ1n) is 9.09. The molecule has 0 saturated heterocycles. The summed E-state index contributed by atoms with van der Waals surface area (Å²) in [5.41, 5.74) is 5.18. The molecule has 27 heavy (non-hydrogen) atoms. The summed E-state index contributed by atoms with van der Waals surface area (Å²) >= 11 is 0. The number of hydrogen-bond acceptors (Lipinski definition) is 3. The first-order chi connectivity index (χ1) is 13.2. The highest BCUT2D eigenvalue weighted by Crippen LogP contribution is 2.32. The third-order valence-corrected chi connectivity index (χ3v) is 4.65. The quantitative estimate of drug-likeness (QED) is 0.732. The van der Waals surface area contributed by atoms with Crippen molar-refractivity contribution < 1.29 is 9.53 Å². The van der Waals surface area contributed by atoms with Crippen LogP contribution in [-0.4, -0.2) is 24.2 Å². The van der Waals surface area contributed by atoms with Crippen LogP contribution in [0.4, 0.5) is 16.2 Å². The molecule has 4 rings (SSSR count). The molecular formula is C22H21N3O2. The lowest BCUT2D eigenvalue weighted by atomic mass is 10.0. The lowest BCUT2D eigenvalue weighted by Crippen LogP contribution is -2.33. The minimum absolute atomic E-state index is 0.116. The van der Waals surface area contributed by atoms with E-state index in [1.54, 1.807) is 17.3 Å². The fraction of sp³-hybridized carbons (Fsp3) is 0.182. The van der Waals surface area contributed by atoms with E-state index in [1.165, 1.54) is 5.56 Å². The van der Waals surface area contributed by atoms with Crippen LogP contribution in [0, 0.1) is 0 Å². The molecule has 5 nitrogen and oxygen atoms in total. The third-order valence-electron chi connectivity index (χ3n) is 4.65. The second kappa shape index (κ2) is 7.50. The summed E-state index contributed by atoms with van der Waals surface area (Å²) in [6.45, 7) is 3.25. The van der Waals surface area contributed by atoms with E-state index >= 15 is 0 Å². The van der Waals surface area contributed by atoms with E-state index in [4.69, 9.17) is 4.74 Å². The van der Waals surface area contributed by atoms with E-state index in [0.29, 0.717) is 13.2 Å². The van der Waals surface area contributed by atoms with Crippen molar-refractivity contribution in [1.82, 2.24) is 4.98 Å². The summed E-state index contributed by atoms with van der Waals surface area (Å²) in [5, 5.41) is 2.96. The molecule has 0 fully saturated rings. The first-order valence-corrected chi connectivity index (χ1v) is 9.09. The van der Waals surface area contributed by atoms with E-state index in [0.717, 1.165) is 34.7 Å². The Balaban J connectivity index is 1.49. The number of carbonyl (C=O) groups excluding carboxylic acids is 1. The number of fused-ring (bicyclic) bond motifs is 1. The van der Waals surface area contributed by atoms with Gasteiger partial charge in [-0.05, 0) is 78.6 Å². The van der Waals surface area contributed by atoms with Crippen molar-refractivity contribution in [1.29, 1.82) is 0 Å². The molecule has 1 aliphatic rings. The number of ether oxygens (including phenoxy) is 1. The van der Waals surface area contributed by atoms with Crippen molar-refractivity contribution in [2.24, 2.45) is 0 Å². The molecule has 0 saturated carbocycles. The first kappa shape index (κ1) is 17.1.